The van der Waals surface area contributed by atoms with Crippen LogP contribution in [0, 0.1) is 5.92 Å². The highest BCUT2D eigenvalue weighted by molar-refractivity contribution is 5.96. The van der Waals surface area contributed by atoms with Crippen molar-refractivity contribution in [1.82, 2.24) is 15.1 Å². The highest BCUT2D eigenvalue weighted by Gasteiger charge is 2.30. The van der Waals surface area contributed by atoms with Crippen molar-refractivity contribution in [1.29, 1.82) is 0 Å². The number of benzene rings is 1. The van der Waals surface area contributed by atoms with Crippen molar-refractivity contribution < 1.29 is 23.8 Å². The van der Waals surface area contributed by atoms with Crippen molar-refractivity contribution in [2.24, 2.45) is 13.0 Å². The zero-order valence-electron chi connectivity index (χ0n) is 25.2. The van der Waals surface area contributed by atoms with Crippen molar-refractivity contribution in [2.45, 2.75) is 52.1 Å². The van der Waals surface area contributed by atoms with E-state index in [2.05, 4.69) is 21.0 Å². The first kappa shape index (κ1) is 30.4. The maximum atomic E-state index is 13.7. The predicted molar refractivity (Wildman–Crippen MR) is 161 cm³/mol. The van der Waals surface area contributed by atoms with Gasteiger partial charge >= 0.3 is 0 Å². The molecule has 11 nitrogen and oxygen atoms in total. The molecular weight excluding hydrogens is 538 g/mol. The number of hydrogen-bond acceptors (Lipinski definition) is 8. The summed E-state index contributed by atoms with van der Waals surface area (Å²) in [5.74, 6) is 1.51. The Kier molecular flexibility index (Phi) is 9.39. The van der Waals surface area contributed by atoms with Gasteiger partial charge in [0, 0.05) is 31.8 Å². The predicted octanol–water partition coefficient (Wildman–Crippen LogP) is 4.06. The number of fused-ring (bicyclic) bond motifs is 3. The topological polar surface area (TPSA) is 133 Å². The molecule has 1 aliphatic carbocycles. The summed E-state index contributed by atoms with van der Waals surface area (Å²) in [6, 6.07) is 7.53. The molecule has 0 radical (unpaired) electrons. The van der Waals surface area contributed by atoms with Crippen LogP contribution in [0.4, 0.5) is 11.5 Å². The van der Waals surface area contributed by atoms with E-state index >= 15 is 0 Å². The number of methoxy groups -OCH3 is 3. The molecule has 2 amide bonds. The monoisotopic (exact) mass is 577 g/mol. The molecule has 0 bridgehead atoms. The van der Waals surface area contributed by atoms with Gasteiger partial charge in [-0.25, -0.2) is 0 Å². The zero-order valence-corrected chi connectivity index (χ0v) is 25.2. The second-order valence-electron chi connectivity index (χ2n) is 10.8. The van der Waals surface area contributed by atoms with Gasteiger partial charge < -0.3 is 30.2 Å². The van der Waals surface area contributed by atoms with Crippen LogP contribution in [0.25, 0.3) is 11.1 Å². The molecule has 2 aromatic carbocycles. The molecule has 11 heteroatoms. The minimum absolute atomic E-state index is 0.170. The lowest BCUT2D eigenvalue weighted by Gasteiger charge is -2.20. The molecular formula is C31H39N5O6. The summed E-state index contributed by atoms with van der Waals surface area (Å²) in [5.41, 5.74) is 2.99. The van der Waals surface area contributed by atoms with Crippen molar-refractivity contribution in [3.63, 3.8) is 0 Å². The first-order valence-electron chi connectivity index (χ1n) is 13.9. The molecule has 0 spiro atoms. The van der Waals surface area contributed by atoms with E-state index in [0.29, 0.717) is 53.5 Å². The van der Waals surface area contributed by atoms with Gasteiger partial charge in [-0.05, 0) is 60.1 Å². The Morgan fingerprint density at radius 3 is 2.40 bits per heavy atom. The highest BCUT2D eigenvalue weighted by atomic mass is 16.5. The second kappa shape index (κ2) is 13.0. The molecule has 1 aliphatic rings. The maximum Gasteiger partial charge on any atom is 0.248 e. The van der Waals surface area contributed by atoms with Crippen LogP contribution in [0.15, 0.2) is 41.3 Å². The smallest absolute Gasteiger partial charge is 0.248 e. The van der Waals surface area contributed by atoms with E-state index in [4.69, 9.17) is 14.2 Å². The first-order valence-corrected chi connectivity index (χ1v) is 13.9. The van der Waals surface area contributed by atoms with Crippen LogP contribution in [0.1, 0.15) is 50.8 Å². The fourth-order valence-corrected chi connectivity index (χ4v) is 5.41. The minimum atomic E-state index is -0.695. The lowest BCUT2D eigenvalue weighted by Crippen LogP contribution is -2.37. The molecule has 1 heterocycles. The summed E-state index contributed by atoms with van der Waals surface area (Å²) in [6.45, 7) is 5.48. The molecule has 224 valence electrons. The van der Waals surface area contributed by atoms with Gasteiger partial charge in [0.2, 0.25) is 23.0 Å². The second-order valence-corrected chi connectivity index (χ2v) is 10.8. The number of nitrogens with zero attached hydrogens (tertiary/aromatic N) is 2. The molecule has 4 rings (SSSR count). The number of anilines is 2. The maximum absolute atomic E-state index is 13.7. The van der Waals surface area contributed by atoms with E-state index in [1.807, 2.05) is 26.0 Å². The van der Waals surface area contributed by atoms with Crippen LogP contribution in [0.5, 0.6) is 17.2 Å². The fourth-order valence-electron chi connectivity index (χ4n) is 5.41. The standard InChI is InChI=1S/C31H39N5O6/c1-17(2)14-24(31(39)34-27-12-13-36(4)35-27)33-23-11-9-20-21(16-25(23)38)22(32-18(3)37)10-8-19-15-26(40-5)29(41-6)30(42-7)28(19)20/h9,11-13,15-17,22,24H,8,10,14H2,1-7H3,(H,32,37)(H,33,38)(H,34,35,39). The SMILES string of the molecule is COc1cc2c(c(OC)c1OC)-c1ccc(NC(CC(C)C)C(=O)Nc3ccn(C)n3)c(=O)cc1C(NC(C)=O)CC2. The number of carbonyl (C=O) groups excluding carboxylic acids is 2. The van der Waals surface area contributed by atoms with Gasteiger partial charge in [0.15, 0.2) is 17.3 Å². The van der Waals surface area contributed by atoms with Gasteiger partial charge in [-0.3, -0.25) is 19.1 Å². The summed E-state index contributed by atoms with van der Waals surface area (Å²) < 4.78 is 18.7. The molecule has 2 unspecified atom stereocenters. The van der Waals surface area contributed by atoms with E-state index in [0.717, 1.165) is 11.1 Å². The molecule has 42 heavy (non-hydrogen) atoms. The van der Waals surface area contributed by atoms with Gasteiger partial charge in [-0.2, -0.15) is 5.10 Å². The molecule has 0 aliphatic heterocycles. The largest absolute Gasteiger partial charge is 0.493 e. The van der Waals surface area contributed by atoms with E-state index < -0.39 is 12.1 Å². The van der Waals surface area contributed by atoms with Crippen molar-refractivity contribution in [2.75, 3.05) is 32.0 Å². The third-order valence-corrected chi connectivity index (χ3v) is 7.23. The summed E-state index contributed by atoms with van der Waals surface area (Å²) in [5, 5.41) is 13.3. The van der Waals surface area contributed by atoms with Crippen LogP contribution in [0.2, 0.25) is 0 Å². The van der Waals surface area contributed by atoms with Crippen molar-refractivity contribution >= 4 is 23.3 Å². The van der Waals surface area contributed by atoms with Crippen molar-refractivity contribution in [3.05, 3.63) is 57.9 Å². The lowest BCUT2D eigenvalue weighted by molar-refractivity contribution is -0.120. The minimum Gasteiger partial charge on any atom is -0.493 e. The molecule has 2 atom stereocenters. The van der Waals surface area contributed by atoms with E-state index in [1.165, 1.54) is 20.1 Å². The number of amides is 2. The van der Waals surface area contributed by atoms with Crippen molar-refractivity contribution in [3.8, 4) is 28.4 Å². The number of carbonyl (C=O) groups is 2. The van der Waals surface area contributed by atoms with Gasteiger partial charge in [-0.1, -0.05) is 19.9 Å². The number of aryl methyl sites for hydroxylation is 2. The Morgan fingerprint density at radius 1 is 1.07 bits per heavy atom. The molecule has 0 saturated heterocycles. The number of rotatable bonds is 10. The van der Waals surface area contributed by atoms with Crippen LogP contribution >= 0.6 is 0 Å². The van der Waals surface area contributed by atoms with E-state index in [-0.39, 0.29) is 28.8 Å². The highest BCUT2D eigenvalue weighted by Crippen LogP contribution is 2.50. The summed E-state index contributed by atoms with van der Waals surface area (Å²) in [7, 11) is 6.43. The molecule has 1 aromatic heterocycles. The average Bonchev–Trinajstić information content (AvgIpc) is 3.21. The number of nitrogens with one attached hydrogen (secondary N) is 3. The van der Waals surface area contributed by atoms with Crippen LogP contribution in [0.3, 0.4) is 0 Å². The van der Waals surface area contributed by atoms with E-state index in [1.54, 1.807) is 44.3 Å². The van der Waals surface area contributed by atoms with E-state index in [9.17, 15) is 14.4 Å². The summed E-state index contributed by atoms with van der Waals surface area (Å²) in [6.07, 6.45) is 3.37. The Labute approximate surface area is 245 Å². The third kappa shape index (κ3) is 6.50. The van der Waals surface area contributed by atoms with Gasteiger partial charge in [0.1, 0.15) is 6.04 Å². The Morgan fingerprint density at radius 2 is 1.81 bits per heavy atom. The fraction of sp³-hybridized carbons (Fsp3) is 0.419. The summed E-state index contributed by atoms with van der Waals surface area (Å²) in [4.78, 5) is 39.2. The van der Waals surface area contributed by atoms with Crippen LogP contribution in [-0.2, 0) is 23.1 Å². The van der Waals surface area contributed by atoms with Gasteiger partial charge in [0.25, 0.3) is 0 Å². The zero-order chi connectivity index (χ0) is 30.6. The molecule has 3 N–H and O–H groups in total. The third-order valence-electron chi connectivity index (χ3n) is 7.23. The number of ether oxygens (including phenoxy) is 3. The van der Waals surface area contributed by atoms with Crippen LogP contribution < -0.4 is 35.6 Å². The normalized spacial score (nSPS) is 14.6. The Bertz CT molecular complexity index is 1530. The van der Waals surface area contributed by atoms with Gasteiger partial charge in [-0.15, -0.1) is 0 Å². The average molecular weight is 578 g/mol. The molecule has 0 fully saturated rings. The molecule has 0 saturated carbocycles. The van der Waals surface area contributed by atoms with Gasteiger partial charge in [0.05, 0.1) is 33.1 Å². The Hall–Kier alpha value is -4.54. The first-order chi connectivity index (χ1) is 20.1. The molecule has 3 aromatic rings. The Balaban J connectivity index is 1.86. The quantitative estimate of drug-likeness (QED) is 0.329. The number of hydrogen-bond donors (Lipinski definition) is 3. The number of aromatic nitrogens is 2. The van der Waals surface area contributed by atoms with Crippen LogP contribution in [-0.4, -0.2) is 49.0 Å². The lowest BCUT2D eigenvalue weighted by atomic mass is 9.95. The summed E-state index contributed by atoms with van der Waals surface area (Å²) >= 11 is 0.